The van der Waals surface area contributed by atoms with Gasteiger partial charge in [-0.1, -0.05) is 19.9 Å². The van der Waals surface area contributed by atoms with Crippen molar-refractivity contribution >= 4 is 40.2 Å². The predicted octanol–water partition coefficient (Wildman–Crippen LogP) is 7.96. The second-order valence-electron chi connectivity index (χ2n) is 23.6. The first-order valence-corrected chi connectivity index (χ1v) is 27.9. The third kappa shape index (κ3) is 11.4. The lowest BCUT2D eigenvalue weighted by Crippen LogP contribution is -2.67. The normalized spacial score (nSPS) is 25.6. The lowest BCUT2D eigenvalue weighted by Gasteiger charge is -2.51. The summed E-state index contributed by atoms with van der Waals surface area (Å²) in [7, 11) is 3.43. The van der Waals surface area contributed by atoms with Gasteiger partial charge in [0.2, 0.25) is 0 Å². The number of thiazole rings is 1. The number of methoxy groups -OCH3 is 2. The third-order valence-corrected chi connectivity index (χ3v) is 16.9. The van der Waals surface area contributed by atoms with Crippen molar-refractivity contribution in [2.75, 3.05) is 73.4 Å². The number of hydrogen-bond acceptors (Lipinski definition) is 15. The van der Waals surface area contributed by atoms with Crippen molar-refractivity contribution < 1.29 is 42.8 Å². The molecule has 3 aromatic heterocycles. The van der Waals surface area contributed by atoms with Gasteiger partial charge in [-0.3, -0.25) is 29.4 Å². The number of nitrogens with zero attached hydrogens (tertiary/aromatic N) is 6. The Morgan fingerprint density at radius 1 is 1.01 bits per heavy atom. The van der Waals surface area contributed by atoms with E-state index in [9.17, 15) is 9.59 Å². The van der Waals surface area contributed by atoms with Crippen LogP contribution < -0.4 is 10.7 Å². The van der Waals surface area contributed by atoms with Gasteiger partial charge >= 0.3 is 12.1 Å². The number of cyclic esters (lactones) is 1. The van der Waals surface area contributed by atoms with Gasteiger partial charge in [0.15, 0.2) is 0 Å². The molecule has 6 aliphatic rings. The Morgan fingerprint density at radius 3 is 2.53 bits per heavy atom. The van der Waals surface area contributed by atoms with Gasteiger partial charge in [0.1, 0.15) is 22.7 Å². The number of carbonyl (C=O) groups is 3. The van der Waals surface area contributed by atoms with Crippen LogP contribution in [0.25, 0.3) is 33.4 Å². The Bertz CT molecular complexity index is 2680. The van der Waals surface area contributed by atoms with E-state index in [0.717, 1.165) is 77.0 Å². The summed E-state index contributed by atoms with van der Waals surface area (Å²) >= 11 is 1.46. The molecule has 18 heteroatoms. The minimum absolute atomic E-state index is 0.123. The zero-order chi connectivity index (χ0) is 52.1. The average molecular weight is 1040 g/mol. The lowest BCUT2D eigenvalue weighted by atomic mass is 9.83. The highest BCUT2D eigenvalue weighted by Crippen LogP contribution is 2.45. The van der Waals surface area contributed by atoms with Crippen molar-refractivity contribution in [3.05, 3.63) is 57.7 Å². The van der Waals surface area contributed by atoms with Gasteiger partial charge in [0.05, 0.1) is 54.1 Å². The number of hydrogen-bond donors (Lipinski definition) is 2. The van der Waals surface area contributed by atoms with Crippen LogP contribution in [0.15, 0.2) is 35.8 Å². The molecule has 8 heterocycles. The Labute approximate surface area is 440 Å². The summed E-state index contributed by atoms with van der Waals surface area (Å²) in [6.45, 7) is 19.8. The molecule has 1 aromatic carbocycles. The number of likely N-dealkylation sites (tertiary alicyclic amines) is 2. The zero-order valence-corrected chi connectivity index (χ0v) is 45.8. The van der Waals surface area contributed by atoms with Crippen LogP contribution in [0.3, 0.4) is 0 Å². The van der Waals surface area contributed by atoms with E-state index in [1.807, 2.05) is 12.3 Å². The molecular formula is C56H78N8O9S. The molecule has 74 heavy (non-hydrogen) atoms. The molecule has 0 radical (unpaired) electrons. The van der Waals surface area contributed by atoms with Gasteiger partial charge in [-0.05, 0) is 128 Å². The fourth-order valence-electron chi connectivity index (χ4n) is 11.7. The van der Waals surface area contributed by atoms with Crippen molar-refractivity contribution in [1.29, 1.82) is 0 Å². The van der Waals surface area contributed by atoms with E-state index in [4.69, 9.17) is 38.4 Å². The lowest BCUT2D eigenvalue weighted by molar-refractivity contribution is -0.158. The highest BCUT2D eigenvalue weighted by atomic mass is 32.1. The number of nitrogens with one attached hydrogen (secondary N) is 2. The summed E-state index contributed by atoms with van der Waals surface area (Å²) in [6, 6.07) is 7.03. The highest BCUT2D eigenvalue weighted by molar-refractivity contribution is 7.10. The second kappa shape index (κ2) is 21.5. The molecule has 1 aliphatic carbocycles. The summed E-state index contributed by atoms with van der Waals surface area (Å²) in [5.41, 5.74) is 9.40. The molecule has 2 amide bonds. The third-order valence-electron chi connectivity index (χ3n) is 16.0. The van der Waals surface area contributed by atoms with Gasteiger partial charge < -0.3 is 38.3 Å². The molecule has 1 saturated carbocycles. The Balaban J connectivity index is 1.14. The van der Waals surface area contributed by atoms with Crippen LogP contribution in [0.4, 0.5) is 4.79 Å². The number of hydrazine groups is 1. The number of esters is 1. The molecule has 17 nitrogen and oxygen atoms in total. The van der Waals surface area contributed by atoms with Gasteiger partial charge in [-0.2, -0.15) is 0 Å². The van der Waals surface area contributed by atoms with Crippen LogP contribution in [-0.4, -0.2) is 156 Å². The van der Waals surface area contributed by atoms with E-state index in [2.05, 4.69) is 76.3 Å². The maximum Gasteiger partial charge on any atom is 0.408 e. The summed E-state index contributed by atoms with van der Waals surface area (Å²) in [6.07, 6.45) is 8.14. The first-order chi connectivity index (χ1) is 35.4. The monoisotopic (exact) mass is 1040 g/mol. The number of aromatic nitrogens is 3. The maximum atomic E-state index is 15.1. The van der Waals surface area contributed by atoms with Gasteiger partial charge in [0.25, 0.3) is 5.91 Å². The summed E-state index contributed by atoms with van der Waals surface area (Å²) in [5, 5.41) is 8.21. The quantitative estimate of drug-likeness (QED) is 0.131. The van der Waals surface area contributed by atoms with Crippen LogP contribution in [0.1, 0.15) is 133 Å². The Hall–Kier alpha value is -4.53. The van der Waals surface area contributed by atoms with Gasteiger partial charge in [-0.25, -0.2) is 15.2 Å². The average Bonchev–Trinajstić information content (AvgIpc) is 3.75. The number of fused-ring (bicyclic) bond motifs is 6. The first-order valence-electron chi connectivity index (χ1n) is 27.0. The minimum atomic E-state index is -1.14. The summed E-state index contributed by atoms with van der Waals surface area (Å²) in [5.74, 6) is -0.479. The number of alkyl carbamates (subject to hydrolysis) is 1. The molecule has 0 unspecified atom stereocenters. The number of rotatable bonds is 12. The van der Waals surface area contributed by atoms with E-state index < -0.39 is 52.7 Å². The number of benzene rings is 1. The largest absolute Gasteiger partial charge is 0.464 e. The molecule has 2 N–H and O–H groups in total. The molecule has 5 fully saturated rings. The zero-order valence-electron chi connectivity index (χ0n) is 45.0. The predicted molar refractivity (Wildman–Crippen MR) is 283 cm³/mol. The molecule has 5 atom stereocenters. The van der Waals surface area contributed by atoms with Crippen LogP contribution in [-0.2, 0) is 51.0 Å². The molecule has 0 spiro atoms. The number of amides is 2. The molecular weight excluding hydrogens is 961 g/mol. The first kappa shape index (κ1) is 52.9. The van der Waals surface area contributed by atoms with Crippen molar-refractivity contribution in [3.8, 4) is 22.5 Å². The molecule has 402 valence electrons. The fraction of sp³-hybridized carbons (Fsp3) is 0.661. The van der Waals surface area contributed by atoms with Crippen LogP contribution in [0.5, 0.6) is 0 Å². The van der Waals surface area contributed by atoms with Crippen LogP contribution in [0.2, 0.25) is 0 Å². The maximum absolute atomic E-state index is 15.1. The second-order valence-corrected chi connectivity index (χ2v) is 24.5. The van der Waals surface area contributed by atoms with E-state index in [1.165, 1.54) is 34.8 Å². The van der Waals surface area contributed by atoms with Crippen molar-refractivity contribution in [1.82, 2.24) is 40.1 Å². The molecule has 5 aliphatic heterocycles. The van der Waals surface area contributed by atoms with E-state index in [0.29, 0.717) is 82.2 Å². The van der Waals surface area contributed by atoms with E-state index in [1.54, 1.807) is 35.0 Å². The topological polar surface area (TPSA) is 171 Å². The Morgan fingerprint density at radius 2 is 1.80 bits per heavy atom. The van der Waals surface area contributed by atoms with Crippen molar-refractivity contribution in [2.24, 2.45) is 5.41 Å². The number of carbonyl (C=O) groups excluding carboxylic acids is 3. The SMILES string of the molecule is CO[C@@H](C)c1ncc([C@@H]2CCN(C3CC3)C2)cc1-c1c2c3cc(ccc3n1CCOC1CCOCC1)-c1csc(n1)[C@@H](N1CC(C)(OC)C1)[C@H](NC(=O)OC(C)(C)C)C(=O)N1CCC[C@H](N1)C(=O)OCC(C)(C)C2. The molecule has 6 bridgehead atoms. The highest BCUT2D eigenvalue weighted by Gasteiger charge is 2.50. The molecule has 4 aromatic rings. The summed E-state index contributed by atoms with van der Waals surface area (Å²) < 4.78 is 38.9. The van der Waals surface area contributed by atoms with Crippen LogP contribution in [0, 0.1) is 5.41 Å². The number of ether oxygens (including phenoxy) is 6. The Kier molecular flexibility index (Phi) is 15.4. The summed E-state index contributed by atoms with van der Waals surface area (Å²) in [4.78, 5) is 58.6. The van der Waals surface area contributed by atoms with Crippen molar-refractivity contribution in [3.63, 3.8) is 0 Å². The smallest absolute Gasteiger partial charge is 0.408 e. The minimum Gasteiger partial charge on any atom is -0.464 e. The van der Waals surface area contributed by atoms with Crippen LogP contribution >= 0.6 is 11.3 Å². The van der Waals surface area contributed by atoms with Gasteiger partial charge in [0, 0.05) is 105 Å². The fourth-order valence-corrected chi connectivity index (χ4v) is 12.7. The standard InChI is InChI=1S/C56H78N8O9S/c1-34(68-8)46-41(26-37(28-57-46)36-16-20-61(29-36)38-13-14-38)48-42-27-55(5,6)33-72-52(66)43-11-10-19-64(60-43)51(65)47(59-53(67)73-54(2,3)4)49(62-31-56(7,32-62)69-9)50-58-44(30-74-50)35-12-15-45(40(42)25-35)63(48)21-24-71-39-17-22-70-23-18-39/h12,15,25-26,28,30,34,36,38-39,43,47,49,60H,10-11,13-14,16-24,27,29,31-33H2,1-9H3,(H,59,67)/t34-,36+,43-,47-,49-/m0/s1. The molecule has 10 rings (SSSR count). The molecule has 4 saturated heterocycles. The number of pyridine rings is 1. The van der Waals surface area contributed by atoms with Crippen molar-refractivity contribution in [2.45, 2.75) is 160 Å². The van der Waals surface area contributed by atoms with E-state index >= 15 is 4.79 Å². The van der Waals surface area contributed by atoms with Gasteiger partial charge in [-0.15, -0.1) is 11.3 Å². The van der Waals surface area contributed by atoms with E-state index in [-0.39, 0.29) is 18.8 Å².